The van der Waals surface area contributed by atoms with Crippen LogP contribution in [0.5, 0.6) is 11.5 Å². The summed E-state index contributed by atoms with van der Waals surface area (Å²) in [5, 5.41) is 3.63. The van der Waals surface area contributed by atoms with Crippen LogP contribution >= 0.6 is 15.9 Å². The number of rotatable bonds is 5. The third-order valence-electron chi connectivity index (χ3n) is 4.92. The fraction of sp³-hybridized carbons (Fsp3) is 0.217. The van der Waals surface area contributed by atoms with Gasteiger partial charge in [-0.1, -0.05) is 52.3 Å². The van der Waals surface area contributed by atoms with Crippen LogP contribution in [0.4, 0.5) is 0 Å². The standard InChI is InChI=1S/C23H22BrNO2/c1-26-22-10-7-18(24)14-21(22)23-20-9-8-19(13-17(20)11-12-25-23)27-15-16-5-3-2-4-6-16/h2-10,13-14,23,25H,11-12,15H2,1H3. The molecule has 3 aromatic rings. The molecule has 1 aliphatic rings. The second-order valence-electron chi connectivity index (χ2n) is 6.66. The van der Waals surface area contributed by atoms with Crippen LogP contribution in [0, 0.1) is 0 Å². The van der Waals surface area contributed by atoms with Crippen LogP contribution < -0.4 is 14.8 Å². The smallest absolute Gasteiger partial charge is 0.124 e. The lowest BCUT2D eigenvalue weighted by Gasteiger charge is -2.29. The maximum absolute atomic E-state index is 6.01. The van der Waals surface area contributed by atoms with Crippen LogP contribution in [0.3, 0.4) is 0 Å². The number of fused-ring (bicyclic) bond motifs is 1. The van der Waals surface area contributed by atoms with E-state index in [9.17, 15) is 0 Å². The summed E-state index contributed by atoms with van der Waals surface area (Å²) >= 11 is 3.58. The van der Waals surface area contributed by atoms with Crippen molar-refractivity contribution in [2.24, 2.45) is 0 Å². The van der Waals surface area contributed by atoms with Gasteiger partial charge < -0.3 is 14.8 Å². The van der Waals surface area contributed by atoms with Crippen molar-refractivity contribution in [1.29, 1.82) is 0 Å². The van der Waals surface area contributed by atoms with Crippen LogP contribution in [0.15, 0.2) is 71.2 Å². The molecule has 1 aliphatic heterocycles. The number of hydrogen-bond donors (Lipinski definition) is 1. The van der Waals surface area contributed by atoms with Gasteiger partial charge >= 0.3 is 0 Å². The summed E-state index contributed by atoms with van der Waals surface area (Å²) in [6, 6.07) is 22.9. The van der Waals surface area contributed by atoms with Crippen molar-refractivity contribution in [3.05, 3.63) is 93.5 Å². The Bertz CT molecular complexity index is 927. The molecule has 0 spiro atoms. The van der Waals surface area contributed by atoms with E-state index in [-0.39, 0.29) is 6.04 Å². The van der Waals surface area contributed by atoms with E-state index in [0.29, 0.717) is 6.61 Å². The Hall–Kier alpha value is -2.30. The molecule has 0 bridgehead atoms. The van der Waals surface area contributed by atoms with Crippen molar-refractivity contribution in [1.82, 2.24) is 5.32 Å². The second kappa shape index (κ2) is 8.15. The quantitative estimate of drug-likeness (QED) is 0.605. The molecular weight excluding hydrogens is 402 g/mol. The summed E-state index contributed by atoms with van der Waals surface area (Å²) in [4.78, 5) is 0. The highest BCUT2D eigenvalue weighted by molar-refractivity contribution is 9.10. The molecule has 0 amide bonds. The van der Waals surface area contributed by atoms with Gasteiger partial charge in [0.1, 0.15) is 18.1 Å². The van der Waals surface area contributed by atoms with Crippen LogP contribution in [0.25, 0.3) is 0 Å². The maximum Gasteiger partial charge on any atom is 0.124 e. The van der Waals surface area contributed by atoms with Crippen molar-refractivity contribution >= 4 is 15.9 Å². The zero-order valence-electron chi connectivity index (χ0n) is 15.2. The van der Waals surface area contributed by atoms with Crippen molar-refractivity contribution < 1.29 is 9.47 Å². The number of nitrogens with one attached hydrogen (secondary N) is 1. The lowest BCUT2D eigenvalue weighted by atomic mass is 9.89. The molecule has 3 aromatic carbocycles. The van der Waals surface area contributed by atoms with Gasteiger partial charge in [0, 0.05) is 16.6 Å². The van der Waals surface area contributed by atoms with E-state index in [0.717, 1.165) is 34.5 Å². The van der Waals surface area contributed by atoms with E-state index in [1.165, 1.54) is 16.7 Å². The number of halogens is 1. The van der Waals surface area contributed by atoms with Gasteiger partial charge in [0.15, 0.2) is 0 Å². The largest absolute Gasteiger partial charge is 0.496 e. The highest BCUT2D eigenvalue weighted by Crippen LogP contribution is 2.36. The zero-order chi connectivity index (χ0) is 18.6. The molecule has 138 valence electrons. The van der Waals surface area contributed by atoms with E-state index < -0.39 is 0 Å². The highest BCUT2D eigenvalue weighted by atomic mass is 79.9. The molecule has 1 atom stereocenters. The molecule has 0 aliphatic carbocycles. The number of benzene rings is 3. The third-order valence-corrected chi connectivity index (χ3v) is 5.41. The molecule has 0 saturated carbocycles. The molecule has 3 nitrogen and oxygen atoms in total. The number of ether oxygens (including phenoxy) is 2. The Kier molecular flexibility index (Phi) is 5.46. The first kappa shape index (κ1) is 18.1. The van der Waals surface area contributed by atoms with E-state index >= 15 is 0 Å². The minimum Gasteiger partial charge on any atom is -0.496 e. The molecule has 1 unspecified atom stereocenters. The summed E-state index contributed by atoms with van der Waals surface area (Å²) in [6.07, 6.45) is 0.991. The second-order valence-corrected chi connectivity index (χ2v) is 7.57. The van der Waals surface area contributed by atoms with Crippen LogP contribution in [0.1, 0.15) is 28.3 Å². The normalized spacial score (nSPS) is 15.9. The molecule has 0 saturated heterocycles. The predicted octanol–water partition coefficient (Wildman–Crippen LogP) is 5.27. The summed E-state index contributed by atoms with van der Waals surface area (Å²) in [5.74, 6) is 1.81. The molecule has 0 fully saturated rings. The van der Waals surface area contributed by atoms with Crippen molar-refractivity contribution in [2.45, 2.75) is 19.1 Å². The summed E-state index contributed by atoms with van der Waals surface area (Å²) in [6.45, 7) is 1.51. The molecule has 4 heteroatoms. The first-order valence-electron chi connectivity index (χ1n) is 9.11. The summed E-state index contributed by atoms with van der Waals surface area (Å²) in [7, 11) is 1.72. The average molecular weight is 424 g/mol. The van der Waals surface area contributed by atoms with Gasteiger partial charge in [-0.25, -0.2) is 0 Å². The topological polar surface area (TPSA) is 30.5 Å². The highest BCUT2D eigenvalue weighted by Gasteiger charge is 2.24. The van der Waals surface area contributed by atoms with Crippen molar-refractivity contribution in [2.75, 3.05) is 13.7 Å². The van der Waals surface area contributed by atoms with Gasteiger partial charge in [0.25, 0.3) is 0 Å². The fourth-order valence-electron chi connectivity index (χ4n) is 3.58. The van der Waals surface area contributed by atoms with E-state index in [4.69, 9.17) is 9.47 Å². The van der Waals surface area contributed by atoms with Gasteiger partial charge in [0.2, 0.25) is 0 Å². The van der Waals surface area contributed by atoms with Gasteiger partial charge in [-0.3, -0.25) is 0 Å². The van der Waals surface area contributed by atoms with Gasteiger partial charge in [-0.05, 0) is 53.4 Å². The lowest BCUT2D eigenvalue weighted by molar-refractivity contribution is 0.305. The monoisotopic (exact) mass is 423 g/mol. The molecule has 27 heavy (non-hydrogen) atoms. The van der Waals surface area contributed by atoms with Crippen LogP contribution in [-0.4, -0.2) is 13.7 Å². The fourth-order valence-corrected chi connectivity index (χ4v) is 3.96. The van der Waals surface area contributed by atoms with E-state index in [1.54, 1.807) is 7.11 Å². The Morgan fingerprint density at radius 2 is 1.85 bits per heavy atom. The first-order valence-corrected chi connectivity index (χ1v) is 9.90. The molecule has 4 rings (SSSR count). The molecule has 0 aromatic heterocycles. The van der Waals surface area contributed by atoms with Gasteiger partial charge in [-0.2, -0.15) is 0 Å². The van der Waals surface area contributed by atoms with Crippen LogP contribution in [-0.2, 0) is 13.0 Å². The Morgan fingerprint density at radius 1 is 1.00 bits per heavy atom. The minimum atomic E-state index is 0.115. The minimum absolute atomic E-state index is 0.115. The molecule has 0 radical (unpaired) electrons. The number of hydrogen-bond acceptors (Lipinski definition) is 3. The maximum atomic E-state index is 6.01. The molecule has 1 N–H and O–H groups in total. The predicted molar refractivity (Wildman–Crippen MR) is 111 cm³/mol. The van der Waals surface area contributed by atoms with E-state index in [1.807, 2.05) is 30.3 Å². The Morgan fingerprint density at radius 3 is 2.67 bits per heavy atom. The summed E-state index contributed by atoms with van der Waals surface area (Å²) in [5.41, 5.74) is 4.93. The van der Waals surface area contributed by atoms with Crippen LogP contribution in [0.2, 0.25) is 0 Å². The zero-order valence-corrected chi connectivity index (χ0v) is 16.8. The SMILES string of the molecule is COc1ccc(Br)cc1C1NCCc2cc(OCc3ccccc3)ccc21. The van der Waals surface area contributed by atoms with Crippen molar-refractivity contribution in [3.8, 4) is 11.5 Å². The van der Waals surface area contributed by atoms with Gasteiger partial charge in [0.05, 0.1) is 13.2 Å². The Labute approximate surface area is 168 Å². The van der Waals surface area contributed by atoms with Crippen molar-refractivity contribution in [3.63, 3.8) is 0 Å². The lowest BCUT2D eigenvalue weighted by Crippen LogP contribution is -2.30. The van der Waals surface area contributed by atoms with E-state index in [2.05, 4.69) is 57.6 Å². The van der Waals surface area contributed by atoms with Gasteiger partial charge in [-0.15, -0.1) is 0 Å². The average Bonchev–Trinajstić information content (AvgIpc) is 2.72. The summed E-state index contributed by atoms with van der Waals surface area (Å²) < 4.78 is 12.7. The third kappa shape index (κ3) is 4.02. The molecule has 1 heterocycles. The number of methoxy groups -OCH3 is 1. The first-order chi connectivity index (χ1) is 13.2. The molecular formula is C23H22BrNO2. The Balaban J connectivity index is 1.60.